The van der Waals surface area contributed by atoms with Crippen LogP contribution in [0.5, 0.6) is 0 Å². The fourth-order valence-corrected chi connectivity index (χ4v) is 1.62. The molecular formula is C13H18N2O2. The van der Waals surface area contributed by atoms with Gasteiger partial charge in [-0.1, -0.05) is 12.1 Å². The molecule has 4 heteroatoms. The molecule has 0 amide bonds. The van der Waals surface area contributed by atoms with E-state index in [9.17, 15) is 5.11 Å². The molecule has 1 N–H and O–H groups in total. The summed E-state index contributed by atoms with van der Waals surface area (Å²) < 4.78 is 5.15. The third kappa shape index (κ3) is 4.06. The van der Waals surface area contributed by atoms with Crippen molar-refractivity contribution in [3.05, 3.63) is 29.8 Å². The van der Waals surface area contributed by atoms with Gasteiger partial charge in [0.1, 0.15) is 6.07 Å². The van der Waals surface area contributed by atoms with E-state index in [1.54, 1.807) is 6.07 Å². The molecular weight excluding hydrogens is 216 g/mol. The van der Waals surface area contributed by atoms with Crippen molar-refractivity contribution in [3.8, 4) is 6.07 Å². The van der Waals surface area contributed by atoms with Crippen molar-refractivity contribution in [1.29, 1.82) is 5.26 Å². The SMILES string of the molecule is CCOCC(O)CN(C)c1ccccc1C#N. The fourth-order valence-electron chi connectivity index (χ4n) is 1.62. The van der Waals surface area contributed by atoms with E-state index in [1.807, 2.05) is 37.1 Å². The third-order valence-electron chi connectivity index (χ3n) is 2.43. The Hall–Kier alpha value is -1.57. The van der Waals surface area contributed by atoms with Gasteiger partial charge in [0, 0.05) is 20.2 Å². The highest BCUT2D eigenvalue weighted by Crippen LogP contribution is 2.18. The molecule has 1 aromatic carbocycles. The average molecular weight is 234 g/mol. The largest absolute Gasteiger partial charge is 0.389 e. The molecule has 0 radical (unpaired) electrons. The lowest BCUT2D eigenvalue weighted by Gasteiger charge is -2.23. The maximum atomic E-state index is 9.73. The first kappa shape index (κ1) is 13.5. The molecule has 0 aromatic heterocycles. The van der Waals surface area contributed by atoms with Gasteiger partial charge in [0.25, 0.3) is 0 Å². The molecule has 1 unspecified atom stereocenters. The van der Waals surface area contributed by atoms with E-state index >= 15 is 0 Å². The number of hydrogen-bond donors (Lipinski definition) is 1. The van der Waals surface area contributed by atoms with Gasteiger partial charge in [-0.15, -0.1) is 0 Å². The van der Waals surface area contributed by atoms with Crippen LogP contribution < -0.4 is 4.90 Å². The van der Waals surface area contributed by atoms with E-state index in [0.29, 0.717) is 25.3 Å². The summed E-state index contributed by atoms with van der Waals surface area (Å²) >= 11 is 0. The number of aliphatic hydroxyl groups is 1. The Morgan fingerprint density at radius 2 is 2.18 bits per heavy atom. The van der Waals surface area contributed by atoms with Gasteiger partial charge in [0.2, 0.25) is 0 Å². The van der Waals surface area contributed by atoms with Gasteiger partial charge in [-0.25, -0.2) is 0 Å². The zero-order valence-corrected chi connectivity index (χ0v) is 10.3. The van der Waals surface area contributed by atoms with Crippen molar-refractivity contribution in [2.24, 2.45) is 0 Å². The molecule has 0 saturated heterocycles. The van der Waals surface area contributed by atoms with Crippen LogP contribution in [0.4, 0.5) is 5.69 Å². The van der Waals surface area contributed by atoms with Crippen LogP contribution >= 0.6 is 0 Å². The second kappa shape index (κ2) is 6.89. The maximum Gasteiger partial charge on any atom is 0.101 e. The highest BCUT2D eigenvalue weighted by Gasteiger charge is 2.11. The Labute approximate surface area is 102 Å². The van der Waals surface area contributed by atoms with Gasteiger partial charge in [0.15, 0.2) is 0 Å². The summed E-state index contributed by atoms with van der Waals surface area (Å²) in [4.78, 5) is 1.86. The summed E-state index contributed by atoms with van der Waals surface area (Å²) in [6, 6.07) is 9.47. The topological polar surface area (TPSA) is 56.5 Å². The fraction of sp³-hybridized carbons (Fsp3) is 0.462. The number of rotatable bonds is 6. The average Bonchev–Trinajstić information content (AvgIpc) is 2.36. The van der Waals surface area contributed by atoms with Gasteiger partial charge in [0.05, 0.1) is 24.0 Å². The number of nitriles is 1. The molecule has 0 heterocycles. The number of benzene rings is 1. The number of aliphatic hydroxyl groups excluding tert-OH is 1. The van der Waals surface area contributed by atoms with Crippen LogP contribution in [0.3, 0.4) is 0 Å². The van der Waals surface area contributed by atoms with Crippen LogP contribution in [0.2, 0.25) is 0 Å². The minimum Gasteiger partial charge on any atom is -0.389 e. The van der Waals surface area contributed by atoms with E-state index in [4.69, 9.17) is 10.00 Å². The Morgan fingerprint density at radius 1 is 1.47 bits per heavy atom. The Morgan fingerprint density at radius 3 is 2.82 bits per heavy atom. The molecule has 0 bridgehead atoms. The molecule has 1 atom stereocenters. The van der Waals surface area contributed by atoms with Crippen molar-refractivity contribution >= 4 is 5.69 Å². The highest BCUT2D eigenvalue weighted by molar-refractivity contribution is 5.58. The standard InChI is InChI=1S/C13H18N2O2/c1-3-17-10-12(16)9-15(2)13-7-5-4-6-11(13)8-14/h4-7,12,16H,3,9-10H2,1-2H3. The first-order valence-corrected chi connectivity index (χ1v) is 5.65. The van der Waals surface area contributed by atoms with Crippen molar-refractivity contribution in [2.75, 3.05) is 31.7 Å². The predicted octanol–water partition coefficient (Wildman–Crippen LogP) is 1.39. The van der Waals surface area contributed by atoms with Crippen molar-refractivity contribution in [1.82, 2.24) is 0 Å². The number of hydrogen-bond acceptors (Lipinski definition) is 4. The van der Waals surface area contributed by atoms with E-state index in [-0.39, 0.29) is 0 Å². The molecule has 0 aliphatic heterocycles. The molecule has 0 aliphatic carbocycles. The van der Waals surface area contributed by atoms with Crippen LogP contribution in [0.15, 0.2) is 24.3 Å². The Balaban J connectivity index is 2.63. The van der Waals surface area contributed by atoms with Crippen LogP contribution in [0.1, 0.15) is 12.5 Å². The molecule has 0 fully saturated rings. The lowest BCUT2D eigenvalue weighted by Crippen LogP contribution is -2.32. The quantitative estimate of drug-likeness (QED) is 0.808. The Kier molecular flexibility index (Phi) is 5.47. The zero-order valence-electron chi connectivity index (χ0n) is 10.3. The third-order valence-corrected chi connectivity index (χ3v) is 2.43. The van der Waals surface area contributed by atoms with Gasteiger partial charge < -0.3 is 14.7 Å². The second-order valence-corrected chi connectivity index (χ2v) is 3.82. The normalized spacial score (nSPS) is 11.9. The zero-order chi connectivity index (χ0) is 12.7. The monoisotopic (exact) mass is 234 g/mol. The highest BCUT2D eigenvalue weighted by atomic mass is 16.5. The molecule has 17 heavy (non-hydrogen) atoms. The lowest BCUT2D eigenvalue weighted by molar-refractivity contribution is 0.0469. The van der Waals surface area contributed by atoms with Gasteiger partial charge >= 0.3 is 0 Å². The van der Waals surface area contributed by atoms with Crippen LogP contribution in [-0.4, -0.2) is 38.0 Å². The minimum atomic E-state index is -0.549. The second-order valence-electron chi connectivity index (χ2n) is 3.82. The summed E-state index contributed by atoms with van der Waals surface area (Å²) in [6.07, 6.45) is -0.549. The predicted molar refractivity (Wildman–Crippen MR) is 66.9 cm³/mol. The molecule has 0 aliphatic rings. The van der Waals surface area contributed by atoms with Crippen LogP contribution in [0, 0.1) is 11.3 Å². The maximum absolute atomic E-state index is 9.73. The molecule has 4 nitrogen and oxygen atoms in total. The van der Waals surface area contributed by atoms with Crippen LogP contribution in [0.25, 0.3) is 0 Å². The van der Waals surface area contributed by atoms with Crippen molar-refractivity contribution < 1.29 is 9.84 Å². The molecule has 92 valence electrons. The van der Waals surface area contributed by atoms with E-state index in [1.165, 1.54) is 0 Å². The molecule has 0 spiro atoms. The number of anilines is 1. The van der Waals surface area contributed by atoms with E-state index in [2.05, 4.69) is 6.07 Å². The summed E-state index contributed by atoms with van der Waals surface area (Å²) in [7, 11) is 1.85. The van der Waals surface area contributed by atoms with Crippen LogP contribution in [-0.2, 0) is 4.74 Å². The number of likely N-dealkylation sites (N-methyl/N-ethyl adjacent to an activating group) is 1. The van der Waals surface area contributed by atoms with Crippen molar-refractivity contribution in [3.63, 3.8) is 0 Å². The van der Waals surface area contributed by atoms with Gasteiger partial charge in [-0.2, -0.15) is 5.26 Å². The Bertz CT molecular complexity index is 387. The first-order chi connectivity index (χ1) is 8.19. The van der Waals surface area contributed by atoms with E-state index < -0.39 is 6.10 Å². The summed E-state index contributed by atoms with van der Waals surface area (Å²) in [5, 5.41) is 18.7. The summed E-state index contributed by atoms with van der Waals surface area (Å²) in [6.45, 7) is 3.24. The number of para-hydroxylation sites is 1. The van der Waals surface area contributed by atoms with Gasteiger partial charge in [-0.3, -0.25) is 0 Å². The smallest absolute Gasteiger partial charge is 0.101 e. The molecule has 1 rings (SSSR count). The van der Waals surface area contributed by atoms with Crippen molar-refractivity contribution in [2.45, 2.75) is 13.0 Å². The summed E-state index contributed by atoms with van der Waals surface area (Å²) in [5.74, 6) is 0. The van der Waals surface area contributed by atoms with E-state index in [0.717, 1.165) is 5.69 Å². The lowest BCUT2D eigenvalue weighted by atomic mass is 10.1. The number of nitrogens with zero attached hydrogens (tertiary/aromatic N) is 2. The summed E-state index contributed by atoms with van der Waals surface area (Å²) in [5.41, 5.74) is 1.43. The first-order valence-electron chi connectivity index (χ1n) is 5.65. The molecule has 0 saturated carbocycles. The van der Waals surface area contributed by atoms with Gasteiger partial charge in [-0.05, 0) is 19.1 Å². The molecule has 1 aromatic rings. The minimum absolute atomic E-state index is 0.315. The number of ether oxygens (including phenoxy) is 1.